The molecule has 2 aromatic carbocycles. The van der Waals surface area contributed by atoms with E-state index in [1.54, 1.807) is 59.4 Å². The van der Waals surface area contributed by atoms with Crippen molar-refractivity contribution in [2.45, 2.75) is 13.2 Å². The summed E-state index contributed by atoms with van der Waals surface area (Å²) in [4.78, 5) is 12.6. The molecular formula is C22H15BrCl3N3O3. The van der Waals surface area contributed by atoms with Gasteiger partial charge in [-0.25, -0.2) is 0 Å². The predicted molar refractivity (Wildman–Crippen MR) is 128 cm³/mol. The fourth-order valence-electron chi connectivity index (χ4n) is 2.85. The first-order chi connectivity index (χ1) is 15.4. The number of amides is 1. The van der Waals surface area contributed by atoms with E-state index < -0.39 is 5.91 Å². The third-order valence-corrected chi connectivity index (χ3v) is 5.76. The van der Waals surface area contributed by atoms with Crippen LogP contribution in [0.3, 0.4) is 0 Å². The summed E-state index contributed by atoms with van der Waals surface area (Å²) in [5.41, 5.74) is 0.847. The Morgan fingerprint density at radius 3 is 2.69 bits per heavy atom. The second kappa shape index (κ2) is 10.0. The molecule has 2 aromatic heterocycles. The van der Waals surface area contributed by atoms with Crippen LogP contribution in [0.25, 0.3) is 0 Å². The highest BCUT2D eigenvalue weighted by Crippen LogP contribution is 2.25. The summed E-state index contributed by atoms with van der Waals surface area (Å²) >= 11 is 21.5. The Morgan fingerprint density at radius 1 is 1.09 bits per heavy atom. The van der Waals surface area contributed by atoms with Crippen LogP contribution in [0.1, 0.15) is 21.9 Å². The van der Waals surface area contributed by atoms with Crippen LogP contribution >= 0.6 is 50.7 Å². The summed E-state index contributed by atoms with van der Waals surface area (Å²) in [7, 11) is 0. The van der Waals surface area contributed by atoms with E-state index in [0.29, 0.717) is 43.4 Å². The van der Waals surface area contributed by atoms with Gasteiger partial charge in [0, 0.05) is 21.3 Å². The SMILES string of the molecule is O=C(Nc1nn(Cc2ccc(Cl)cc2Cl)cc1Br)c1ccc(COc2cccc(Cl)c2)o1. The number of carbonyl (C=O) groups is 1. The van der Waals surface area contributed by atoms with Crippen LogP contribution in [0.5, 0.6) is 5.75 Å². The number of rotatable bonds is 7. The molecule has 4 aromatic rings. The van der Waals surface area contributed by atoms with E-state index >= 15 is 0 Å². The minimum absolute atomic E-state index is 0.136. The molecule has 0 bridgehead atoms. The van der Waals surface area contributed by atoms with Gasteiger partial charge in [-0.15, -0.1) is 0 Å². The van der Waals surface area contributed by atoms with Gasteiger partial charge in [-0.3, -0.25) is 9.48 Å². The van der Waals surface area contributed by atoms with E-state index in [1.165, 1.54) is 0 Å². The van der Waals surface area contributed by atoms with Gasteiger partial charge in [0.15, 0.2) is 11.6 Å². The van der Waals surface area contributed by atoms with Crippen LogP contribution in [-0.4, -0.2) is 15.7 Å². The average molecular weight is 556 g/mol. The lowest BCUT2D eigenvalue weighted by molar-refractivity contribution is 0.0992. The zero-order valence-corrected chi connectivity index (χ0v) is 20.2. The minimum atomic E-state index is -0.436. The first-order valence-corrected chi connectivity index (χ1v) is 11.3. The molecule has 1 amide bonds. The van der Waals surface area contributed by atoms with Crippen molar-refractivity contribution in [3.05, 3.63) is 97.4 Å². The Kier molecular flexibility index (Phi) is 7.10. The fraction of sp³-hybridized carbons (Fsp3) is 0.0909. The van der Waals surface area contributed by atoms with Crippen LogP contribution in [0.4, 0.5) is 5.82 Å². The molecule has 4 rings (SSSR count). The number of furan rings is 1. The fourth-order valence-corrected chi connectivity index (χ4v) is 3.91. The van der Waals surface area contributed by atoms with E-state index in [1.807, 2.05) is 6.07 Å². The summed E-state index contributed by atoms with van der Waals surface area (Å²) in [6.45, 7) is 0.573. The topological polar surface area (TPSA) is 69.3 Å². The molecule has 0 saturated carbocycles. The number of nitrogens with zero attached hydrogens (tertiary/aromatic N) is 2. The Morgan fingerprint density at radius 2 is 1.91 bits per heavy atom. The first-order valence-electron chi connectivity index (χ1n) is 9.33. The van der Waals surface area contributed by atoms with Gasteiger partial charge in [-0.05, 0) is 64.0 Å². The van der Waals surface area contributed by atoms with Gasteiger partial charge in [-0.2, -0.15) is 5.10 Å². The quantitative estimate of drug-likeness (QED) is 0.265. The van der Waals surface area contributed by atoms with Crippen LogP contribution in [0.15, 0.2) is 69.7 Å². The normalized spacial score (nSPS) is 10.9. The molecular weight excluding hydrogens is 541 g/mol. The average Bonchev–Trinajstić information content (AvgIpc) is 3.35. The highest BCUT2D eigenvalue weighted by Gasteiger charge is 2.16. The number of hydrogen-bond donors (Lipinski definition) is 1. The summed E-state index contributed by atoms with van der Waals surface area (Å²) in [6.07, 6.45) is 1.74. The molecule has 32 heavy (non-hydrogen) atoms. The largest absolute Gasteiger partial charge is 0.486 e. The van der Waals surface area contributed by atoms with Crippen molar-refractivity contribution in [3.63, 3.8) is 0 Å². The Bertz CT molecular complexity index is 1270. The van der Waals surface area contributed by atoms with Crippen molar-refractivity contribution >= 4 is 62.5 Å². The summed E-state index contributed by atoms with van der Waals surface area (Å²) in [5, 5.41) is 8.79. The number of ether oxygens (including phenoxy) is 1. The van der Waals surface area contributed by atoms with Gasteiger partial charge >= 0.3 is 0 Å². The number of hydrogen-bond acceptors (Lipinski definition) is 4. The molecule has 0 radical (unpaired) electrons. The number of aromatic nitrogens is 2. The zero-order chi connectivity index (χ0) is 22.7. The molecule has 1 N–H and O–H groups in total. The van der Waals surface area contributed by atoms with Crippen molar-refractivity contribution in [2.24, 2.45) is 0 Å². The van der Waals surface area contributed by atoms with Crippen LogP contribution in [0, 0.1) is 0 Å². The summed E-state index contributed by atoms with van der Waals surface area (Å²) in [5.74, 6) is 1.16. The molecule has 6 nitrogen and oxygen atoms in total. The third kappa shape index (κ3) is 5.66. The van der Waals surface area contributed by atoms with E-state index in [-0.39, 0.29) is 12.4 Å². The van der Waals surface area contributed by atoms with Crippen LogP contribution in [-0.2, 0) is 13.2 Å². The molecule has 0 atom stereocenters. The monoisotopic (exact) mass is 553 g/mol. The number of halogens is 4. The molecule has 0 aliphatic carbocycles. The zero-order valence-electron chi connectivity index (χ0n) is 16.3. The lowest BCUT2D eigenvalue weighted by Gasteiger charge is -2.05. The second-order valence-electron chi connectivity index (χ2n) is 6.73. The molecule has 0 aliphatic rings. The van der Waals surface area contributed by atoms with Crippen molar-refractivity contribution in [2.75, 3.05) is 5.32 Å². The highest BCUT2D eigenvalue weighted by atomic mass is 79.9. The first kappa shape index (κ1) is 22.7. The van der Waals surface area contributed by atoms with Crippen molar-refractivity contribution in [3.8, 4) is 5.75 Å². The van der Waals surface area contributed by atoms with Gasteiger partial charge in [0.05, 0.1) is 11.0 Å². The number of nitrogens with one attached hydrogen (secondary N) is 1. The van der Waals surface area contributed by atoms with Crippen molar-refractivity contribution < 1.29 is 13.9 Å². The molecule has 0 unspecified atom stereocenters. The lowest BCUT2D eigenvalue weighted by Crippen LogP contribution is -2.12. The maximum atomic E-state index is 12.6. The number of anilines is 1. The Balaban J connectivity index is 1.39. The number of carbonyl (C=O) groups excluding carboxylic acids is 1. The van der Waals surface area contributed by atoms with E-state index in [4.69, 9.17) is 44.0 Å². The van der Waals surface area contributed by atoms with Crippen molar-refractivity contribution in [1.29, 1.82) is 0 Å². The van der Waals surface area contributed by atoms with Gasteiger partial charge < -0.3 is 14.5 Å². The number of benzene rings is 2. The van der Waals surface area contributed by atoms with Crippen molar-refractivity contribution in [1.82, 2.24) is 9.78 Å². The maximum absolute atomic E-state index is 12.6. The molecule has 164 valence electrons. The maximum Gasteiger partial charge on any atom is 0.292 e. The lowest BCUT2D eigenvalue weighted by atomic mass is 10.2. The summed E-state index contributed by atoms with van der Waals surface area (Å²) < 4.78 is 13.5. The van der Waals surface area contributed by atoms with E-state index in [0.717, 1.165) is 5.56 Å². The van der Waals surface area contributed by atoms with Crippen LogP contribution < -0.4 is 10.1 Å². The third-order valence-electron chi connectivity index (χ3n) is 4.36. The predicted octanol–water partition coefficient (Wildman–Crippen LogP) is 7.08. The van der Waals surface area contributed by atoms with E-state index in [9.17, 15) is 4.79 Å². The highest BCUT2D eigenvalue weighted by molar-refractivity contribution is 9.10. The molecule has 10 heteroatoms. The van der Waals surface area contributed by atoms with E-state index in [2.05, 4.69) is 26.3 Å². The molecule has 0 saturated heterocycles. The molecule has 0 aliphatic heterocycles. The standard InChI is InChI=1S/C22H15BrCl3N3O3/c23-18-11-29(10-13-4-5-15(25)9-19(13)26)28-21(18)27-22(30)20-7-6-17(32-20)12-31-16-3-1-2-14(24)8-16/h1-9,11H,10,12H2,(H,27,28,30). The second-order valence-corrected chi connectivity index (χ2v) is 8.86. The van der Waals surface area contributed by atoms with Gasteiger partial charge in [0.2, 0.25) is 0 Å². The molecule has 0 fully saturated rings. The summed E-state index contributed by atoms with van der Waals surface area (Å²) in [6, 6.07) is 15.5. The minimum Gasteiger partial charge on any atom is -0.486 e. The van der Waals surface area contributed by atoms with Crippen LogP contribution in [0.2, 0.25) is 15.1 Å². The smallest absolute Gasteiger partial charge is 0.292 e. The van der Waals surface area contributed by atoms with Gasteiger partial charge in [0.25, 0.3) is 5.91 Å². The van der Waals surface area contributed by atoms with Gasteiger partial charge in [0.1, 0.15) is 18.1 Å². The Labute approximate surface area is 207 Å². The Hall–Kier alpha value is -2.45. The molecule has 2 heterocycles. The van der Waals surface area contributed by atoms with Gasteiger partial charge in [-0.1, -0.05) is 46.9 Å². The molecule has 0 spiro atoms.